The Balaban J connectivity index is 1.33. The minimum Gasteiger partial charge on any atom is -0.354 e. The summed E-state index contributed by atoms with van der Waals surface area (Å²) in [5.41, 5.74) is 3.86. The molecule has 3 aromatic carbocycles. The smallest absolute Gasteiger partial charge is 0.243 e. The van der Waals surface area contributed by atoms with Gasteiger partial charge in [0.05, 0.1) is 4.90 Å². The topological polar surface area (TPSA) is 86.8 Å². The van der Waals surface area contributed by atoms with Crippen LogP contribution in [-0.4, -0.2) is 55.1 Å². The number of aryl methyl sites for hydroxylation is 1. The van der Waals surface area contributed by atoms with Crippen LogP contribution in [0.25, 0.3) is 0 Å². The van der Waals surface area contributed by atoms with Gasteiger partial charge in [-0.25, -0.2) is 12.8 Å². The highest BCUT2D eigenvalue weighted by atomic mass is 32.2. The highest BCUT2D eigenvalue weighted by Gasteiger charge is 2.31. The molecule has 0 bridgehead atoms. The van der Waals surface area contributed by atoms with Crippen LogP contribution in [0.5, 0.6) is 0 Å². The second kappa shape index (κ2) is 16.1. The predicted octanol–water partition coefficient (Wildman–Crippen LogP) is 6.19. The Hall–Kier alpha value is -3.82. The van der Waals surface area contributed by atoms with E-state index in [1.807, 2.05) is 30.3 Å². The molecule has 0 radical (unpaired) electrons. The monoisotopic (exact) mass is 645 g/mol. The lowest BCUT2D eigenvalue weighted by Gasteiger charge is -2.32. The van der Waals surface area contributed by atoms with Crippen LogP contribution in [0, 0.1) is 5.82 Å². The molecule has 1 atom stereocenters. The molecule has 1 aliphatic carbocycles. The summed E-state index contributed by atoms with van der Waals surface area (Å²) in [6.07, 6.45) is 10.2. The summed E-state index contributed by atoms with van der Waals surface area (Å²) in [6, 6.07) is 21.6. The third kappa shape index (κ3) is 9.13. The summed E-state index contributed by atoms with van der Waals surface area (Å²) in [4.78, 5) is 29.7. The fourth-order valence-corrected chi connectivity index (χ4v) is 7.75. The van der Waals surface area contributed by atoms with Crippen molar-refractivity contribution in [3.8, 4) is 0 Å². The molecule has 0 saturated carbocycles. The van der Waals surface area contributed by atoms with Crippen LogP contribution in [0.2, 0.25) is 0 Å². The van der Waals surface area contributed by atoms with Gasteiger partial charge in [-0.2, -0.15) is 4.31 Å². The number of allylic oxidation sites excluding steroid dienone is 1. The molecule has 5 rings (SSSR count). The molecule has 1 saturated heterocycles. The van der Waals surface area contributed by atoms with E-state index in [1.165, 1.54) is 34.9 Å². The maximum atomic E-state index is 14.0. The lowest BCUT2D eigenvalue weighted by atomic mass is 9.97. The molecule has 1 heterocycles. The van der Waals surface area contributed by atoms with Crippen LogP contribution < -0.4 is 5.32 Å². The molecule has 0 aromatic heterocycles. The van der Waals surface area contributed by atoms with Gasteiger partial charge in [-0.1, -0.05) is 66.2 Å². The van der Waals surface area contributed by atoms with E-state index in [4.69, 9.17) is 0 Å². The number of halogens is 1. The lowest BCUT2D eigenvalue weighted by Crippen LogP contribution is -2.50. The van der Waals surface area contributed by atoms with E-state index >= 15 is 0 Å². The second-order valence-corrected chi connectivity index (χ2v) is 14.2. The van der Waals surface area contributed by atoms with Crippen LogP contribution in [0.4, 0.5) is 4.39 Å². The van der Waals surface area contributed by atoms with Crippen molar-refractivity contribution in [3.05, 3.63) is 113 Å². The van der Waals surface area contributed by atoms with Crippen LogP contribution in [0.3, 0.4) is 0 Å². The third-order valence-corrected chi connectivity index (χ3v) is 10.8. The molecule has 9 heteroatoms. The maximum Gasteiger partial charge on any atom is 0.243 e. The van der Waals surface area contributed by atoms with Crippen molar-refractivity contribution in [2.45, 2.75) is 81.7 Å². The number of hydrogen-bond donors (Lipinski definition) is 1. The summed E-state index contributed by atoms with van der Waals surface area (Å²) >= 11 is 0. The number of hydrogen-bond acceptors (Lipinski definition) is 4. The van der Waals surface area contributed by atoms with E-state index in [0.29, 0.717) is 32.5 Å². The number of rotatable bonds is 14. The zero-order valence-electron chi connectivity index (χ0n) is 26.4. The summed E-state index contributed by atoms with van der Waals surface area (Å²) in [6.45, 7) is 1.74. The van der Waals surface area contributed by atoms with Gasteiger partial charge < -0.3 is 10.2 Å². The Labute approximate surface area is 272 Å². The van der Waals surface area contributed by atoms with Gasteiger partial charge in [-0.15, -0.1) is 0 Å². The minimum absolute atomic E-state index is 0.130. The molecule has 1 N–H and O–H groups in total. The predicted molar refractivity (Wildman–Crippen MR) is 178 cm³/mol. The Morgan fingerprint density at radius 2 is 1.52 bits per heavy atom. The molecule has 1 aliphatic heterocycles. The lowest BCUT2D eigenvalue weighted by molar-refractivity contribution is -0.141. The van der Waals surface area contributed by atoms with Gasteiger partial charge in [-0.3, -0.25) is 9.59 Å². The molecule has 0 spiro atoms. The highest BCUT2D eigenvalue weighted by molar-refractivity contribution is 7.89. The van der Waals surface area contributed by atoms with Crippen LogP contribution >= 0.6 is 0 Å². The quantitative estimate of drug-likeness (QED) is 0.212. The largest absolute Gasteiger partial charge is 0.354 e. The Kier molecular flexibility index (Phi) is 11.8. The number of benzene rings is 3. The Morgan fingerprint density at radius 1 is 0.826 bits per heavy atom. The van der Waals surface area contributed by atoms with Gasteiger partial charge in [0, 0.05) is 39.0 Å². The van der Waals surface area contributed by atoms with Gasteiger partial charge >= 0.3 is 0 Å². The number of sulfonamides is 1. The second-order valence-electron chi connectivity index (χ2n) is 12.3. The van der Waals surface area contributed by atoms with Crippen LogP contribution in [0.1, 0.15) is 68.1 Å². The average Bonchev–Trinajstić information content (AvgIpc) is 3.64. The molecule has 2 aliphatic rings. The van der Waals surface area contributed by atoms with Gasteiger partial charge in [-0.05, 0) is 92.3 Å². The van der Waals surface area contributed by atoms with E-state index in [1.54, 1.807) is 41.3 Å². The van der Waals surface area contributed by atoms with Crippen molar-refractivity contribution in [1.82, 2.24) is 14.5 Å². The van der Waals surface area contributed by atoms with Gasteiger partial charge in [0.2, 0.25) is 21.8 Å². The number of carbonyl (C=O) groups excluding carboxylic acids is 2. The van der Waals surface area contributed by atoms with Crippen molar-refractivity contribution >= 4 is 21.8 Å². The third-order valence-electron chi connectivity index (χ3n) is 8.92. The van der Waals surface area contributed by atoms with Crippen molar-refractivity contribution in [2.24, 2.45) is 0 Å². The standard InChI is InChI=1S/C37H44FN3O4S/c38-33-18-13-32(14-19-33)28-41(36(42)22-17-30-15-20-34(21-16-30)46(44,45)40-25-7-8-26-40)35(27-31-11-5-2-6-12-31)37(43)39-24-23-29-9-3-1-4-10-29/h2,5-6,9,11-16,18-21,35H,1,3-4,7-8,10,17,22-28H2,(H,39,43)/t35-/m1/s1. The van der Waals surface area contributed by atoms with E-state index in [0.717, 1.165) is 48.8 Å². The van der Waals surface area contributed by atoms with Crippen LogP contribution in [0.15, 0.2) is 95.4 Å². The van der Waals surface area contributed by atoms with E-state index in [-0.39, 0.29) is 35.5 Å². The first-order valence-corrected chi connectivity index (χ1v) is 17.9. The fourth-order valence-electron chi connectivity index (χ4n) is 6.24. The molecular weight excluding hydrogens is 601 g/mol. The van der Waals surface area contributed by atoms with Crippen molar-refractivity contribution in [3.63, 3.8) is 0 Å². The van der Waals surface area contributed by atoms with E-state index in [9.17, 15) is 22.4 Å². The van der Waals surface area contributed by atoms with Gasteiger partial charge in [0.25, 0.3) is 0 Å². The van der Waals surface area contributed by atoms with E-state index < -0.39 is 16.1 Å². The summed E-state index contributed by atoms with van der Waals surface area (Å²) in [5, 5.41) is 3.10. The zero-order valence-corrected chi connectivity index (χ0v) is 27.2. The summed E-state index contributed by atoms with van der Waals surface area (Å²) in [7, 11) is -3.52. The van der Waals surface area contributed by atoms with Crippen molar-refractivity contribution in [1.29, 1.82) is 0 Å². The highest BCUT2D eigenvalue weighted by Crippen LogP contribution is 2.23. The molecule has 0 unspecified atom stereocenters. The van der Waals surface area contributed by atoms with Gasteiger partial charge in [0.1, 0.15) is 11.9 Å². The minimum atomic E-state index is -3.52. The number of amides is 2. The first-order chi connectivity index (χ1) is 22.3. The number of carbonyl (C=O) groups is 2. The zero-order chi connectivity index (χ0) is 32.4. The maximum absolute atomic E-state index is 14.0. The molecule has 7 nitrogen and oxygen atoms in total. The van der Waals surface area contributed by atoms with Crippen molar-refractivity contribution in [2.75, 3.05) is 19.6 Å². The Bertz CT molecular complexity index is 1590. The van der Waals surface area contributed by atoms with Crippen molar-refractivity contribution < 1.29 is 22.4 Å². The SMILES string of the molecule is O=C(NCCC1=CCCCC1)[C@@H](Cc1ccccc1)N(Cc1ccc(F)cc1)C(=O)CCc1ccc(S(=O)(=O)N2CCCC2)cc1. The number of nitrogens with zero attached hydrogens (tertiary/aromatic N) is 2. The van der Waals surface area contributed by atoms with Gasteiger partial charge in [0.15, 0.2) is 0 Å². The van der Waals surface area contributed by atoms with E-state index in [2.05, 4.69) is 11.4 Å². The molecule has 46 heavy (non-hydrogen) atoms. The molecular formula is C37H44FN3O4S. The molecule has 244 valence electrons. The summed E-state index contributed by atoms with van der Waals surface area (Å²) in [5.74, 6) is -0.788. The average molecular weight is 646 g/mol. The first kappa shape index (κ1) is 33.5. The number of nitrogens with one attached hydrogen (secondary N) is 1. The van der Waals surface area contributed by atoms with Crippen LogP contribution in [-0.2, 0) is 39.0 Å². The fraction of sp³-hybridized carbons (Fsp3) is 0.405. The Morgan fingerprint density at radius 3 is 2.20 bits per heavy atom. The summed E-state index contributed by atoms with van der Waals surface area (Å²) < 4.78 is 41.2. The molecule has 3 aromatic rings. The molecule has 2 amide bonds. The first-order valence-electron chi connectivity index (χ1n) is 16.4. The normalized spacial score (nSPS) is 16.1. The molecule has 1 fully saturated rings.